The standard InChI is InChI=1S/C28H34Si4/c1-29-30(2,3)31(4,25-17-9-5-10-18-25)32(26-19-11-6-12-20-26,27-21-13-7-14-22-27)28-23-15-8-16-24-28/h5-24H,29H2,1-4H3. The van der Waals surface area contributed by atoms with Crippen LogP contribution < -0.4 is 20.7 Å². The highest BCUT2D eigenvalue weighted by Crippen LogP contribution is 2.29. The summed E-state index contributed by atoms with van der Waals surface area (Å²) in [5.41, 5.74) is 0. The van der Waals surface area contributed by atoms with Gasteiger partial charge in [-0.1, -0.05) is 168 Å². The monoisotopic (exact) mass is 482 g/mol. The summed E-state index contributed by atoms with van der Waals surface area (Å²) >= 11 is 0. The van der Waals surface area contributed by atoms with Gasteiger partial charge in [0.05, 0.1) is 7.11 Å². The van der Waals surface area contributed by atoms with Gasteiger partial charge in [0.25, 0.3) is 0 Å². The molecule has 0 aliphatic rings. The van der Waals surface area contributed by atoms with E-state index in [2.05, 4.69) is 148 Å². The first kappa shape index (κ1) is 22.9. The molecular formula is C28H34Si4. The predicted molar refractivity (Wildman–Crippen MR) is 154 cm³/mol. The second-order valence-corrected chi connectivity index (χ2v) is 43.5. The van der Waals surface area contributed by atoms with Crippen molar-refractivity contribution >= 4 is 51.6 Å². The van der Waals surface area contributed by atoms with Crippen molar-refractivity contribution in [2.75, 3.05) is 0 Å². The van der Waals surface area contributed by atoms with Gasteiger partial charge in [-0.15, -0.1) is 0 Å². The Morgan fingerprint density at radius 3 is 1.00 bits per heavy atom. The van der Waals surface area contributed by atoms with E-state index in [1.165, 1.54) is 0 Å². The van der Waals surface area contributed by atoms with E-state index >= 15 is 0 Å². The Kier molecular flexibility index (Phi) is 6.67. The number of benzene rings is 4. The van der Waals surface area contributed by atoms with Crippen LogP contribution in [0.25, 0.3) is 0 Å². The first-order valence-electron chi connectivity index (χ1n) is 11.7. The van der Waals surface area contributed by atoms with Crippen molar-refractivity contribution in [3.8, 4) is 0 Å². The summed E-state index contributed by atoms with van der Waals surface area (Å²) in [6, 6.07) is 46.5. The second-order valence-electron chi connectivity index (χ2n) is 9.58. The van der Waals surface area contributed by atoms with Gasteiger partial charge in [-0.2, -0.15) is 0 Å². The Morgan fingerprint density at radius 2 is 0.719 bits per heavy atom. The molecule has 1 atom stereocenters. The van der Waals surface area contributed by atoms with Gasteiger partial charge in [0.15, 0.2) is 0 Å². The van der Waals surface area contributed by atoms with Crippen LogP contribution in [0.3, 0.4) is 0 Å². The molecule has 0 aliphatic heterocycles. The van der Waals surface area contributed by atoms with Crippen LogP contribution in [0.4, 0.5) is 0 Å². The van der Waals surface area contributed by atoms with E-state index in [1.54, 1.807) is 20.7 Å². The molecule has 4 rings (SSSR count). The molecule has 0 N–H and O–H groups in total. The molecule has 0 fully saturated rings. The summed E-state index contributed by atoms with van der Waals surface area (Å²) in [7, 11) is -6.04. The molecule has 0 aliphatic carbocycles. The largest absolute Gasteiger partial charge is 0.141 e. The molecule has 4 heteroatoms. The average Bonchev–Trinajstić information content (AvgIpc) is 2.87. The lowest BCUT2D eigenvalue weighted by Gasteiger charge is -2.54. The Bertz CT molecular complexity index is 1030. The molecule has 0 heterocycles. The third kappa shape index (κ3) is 3.55. The minimum absolute atomic E-state index is 0.165. The summed E-state index contributed by atoms with van der Waals surface area (Å²) in [5, 5.41) is 6.41. The van der Waals surface area contributed by atoms with Crippen LogP contribution in [-0.4, -0.2) is 30.8 Å². The molecule has 0 spiro atoms. The van der Waals surface area contributed by atoms with Gasteiger partial charge < -0.3 is 0 Å². The van der Waals surface area contributed by atoms with Crippen molar-refractivity contribution in [2.45, 2.75) is 26.2 Å². The summed E-state index contributed by atoms with van der Waals surface area (Å²) in [6.45, 7) is 10.8. The Balaban J connectivity index is 2.25. The van der Waals surface area contributed by atoms with Crippen LogP contribution in [0.15, 0.2) is 121 Å². The van der Waals surface area contributed by atoms with Crippen LogP contribution in [0.5, 0.6) is 0 Å². The van der Waals surface area contributed by atoms with E-state index in [0.29, 0.717) is 0 Å². The fourth-order valence-electron chi connectivity index (χ4n) is 5.67. The SMILES string of the molecule is C[SiH2][Si](C)(C)[Si](C)(c1ccccc1)[Si](c1ccccc1)(c1ccccc1)c1ccccc1. The first-order valence-corrected chi connectivity index (χ1v) is 24.9. The lowest BCUT2D eigenvalue weighted by atomic mass is 10.3. The fourth-order valence-corrected chi connectivity index (χ4v) is 63.9. The highest BCUT2D eigenvalue weighted by atomic mass is 29.8. The van der Waals surface area contributed by atoms with Crippen molar-refractivity contribution in [3.05, 3.63) is 121 Å². The molecule has 4 aromatic carbocycles. The Labute approximate surface area is 198 Å². The molecule has 32 heavy (non-hydrogen) atoms. The normalized spacial score (nSPS) is 14.4. The van der Waals surface area contributed by atoms with E-state index in [-0.39, 0.29) is 9.04 Å². The van der Waals surface area contributed by atoms with Crippen LogP contribution >= 0.6 is 0 Å². The average molecular weight is 483 g/mol. The highest BCUT2D eigenvalue weighted by Gasteiger charge is 2.62. The molecule has 162 valence electrons. The lowest BCUT2D eigenvalue weighted by molar-refractivity contribution is 1.68. The number of rotatable bonds is 7. The molecule has 1 unspecified atom stereocenters. The highest BCUT2D eigenvalue weighted by molar-refractivity contribution is 7.87. The van der Waals surface area contributed by atoms with Crippen LogP contribution in [0, 0.1) is 0 Å². The Hall–Kier alpha value is -2.25. The zero-order valence-electron chi connectivity index (χ0n) is 19.8. The van der Waals surface area contributed by atoms with Crippen molar-refractivity contribution in [1.82, 2.24) is 0 Å². The second kappa shape index (κ2) is 9.31. The molecule has 0 aromatic heterocycles. The molecule has 0 bridgehead atoms. The molecule has 0 saturated carbocycles. The predicted octanol–water partition coefficient (Wildman–Crippen LogP) is 3.72. The van der Waals surface area contributed by atoms with Crippen molar-refractivity contribution in [1.29, 1.82) is 0 Å². The van der Waals surface area contributed by atoms with E-state index in [0.717, 1.165) is 0 Å². The summed E-state index contributed by atoms with van der Waals surface area (Å²) in [5.74, 6) is 0. The molecular weight excluding hydrogens is 449 g/mol. The maximum atomic E-state index is 2.78. The van der Waals surface area contributed by atoms with E-state index in [1.807, 2.05) is 0 Å². The van der Waals surface area contributed by atoms with Crippen LogP contribution in [0.2, 0.25) is 26.2 Å². The van der Waals surface area contributed by atoms with E-state index < -0.39 is 21.8 Å². The summed E-state index contributed by atoms with van der Waals surface area (Å²) < 4.78 is 0. The lowest BCUT2D eigenvalue weighted by Crippen LogP contribution is -2.93. The molecule has 4 aromatic rings. The first-order chi connectivity index (χ1) is 15.5. The van der Waals surface area contributed by atoms with Gasteiger partial charge in [-0.05, 0) is 0 Å². The summed E-state index contributed by atoms with van der Waals surface area (Å²) in [4.78, 5) is 0. The molecule has 0 amide bonds. The van der Waals surface area contributed by atoms with Crippen molar-refractivity contribution in [3.63, 3.8) is 0 Å². The van der Waals surface area contributed by atoms with Gasteiger partial charge in [-0.3, -0.25) is 0 Å². The van der Waals surface area contributed by atoms with Gasteiger partial charge in [0.1, 0.15) is 7.59 Å². The van der Waals surface area contributed by atoms with Crippen molar-refractivity contribution < 1.29 is 0 Å². The fraction of sp³-hybridized carbons (Fsp3) is 0.143. The molecule has 0 nitrogen and oxygen atoms in total. The van der Waals surface area contributed by atoms with Gasteiger partial charge in [0, 0.05) is 16.1 Å². The van der Waals surface area contributed by atoms with Crippen LogP contribution in [-0.2, 0) is 0 Å². The number of hydrogen-bond acceptors (Lipinski definition) is 0. The van der Waals surface area contributed by atoms with Crippen molar-refractivity contribution in [2.24, 2.45) is 0 Å². The van der Waals surface area contributed by atoms with Gasteiger partial charge in [-0.25, -0.2) is 0 Å². The third-order valence-corrected chi connectivity index (χ3v) is 63.5. The quantitative estimate of drug-likeness (QED) is 0.278. The third-order valence-electron chi connectivity index (χ3n) is 7.96. The van der Waals surface area contributed by atoms with Crippen LogP contribution in [0.1, 0.15) is 0 Å². The zero-order chi connectivity index (χ0) is 22.7. The smallest absolute Gasteiger partial charge is 0.0768 e. The number of hydrogen-bond donors (Lipinski definition) is 0. The maximum Gasteiger partial charge on any atom is 0.141 e. The topological polar surface area (TPSA) is 0 Å². The van der Waals surface area contributed by atoms with E-state index in [4.69, 9.17) is 0 Å². The minimum Gasteiger partial charge on any atom is -0.0768 e. The summed E-state index contributed by atoms with van der Waals surface area (Å²) in [6.07, 6.45) is 0. The maximum absolute atomic E-state index is 2.78. The molecule has 0 radical (unpaired) electrons. The Morgan fingerprint density at radius 1 is 0.438 bits per heavy atom. The van der Waals surface area contributed by atoms with Gasteiger partial charge in [0.2, 0.25) is 0 Å². The van der Waals surface area contributed by atoms with Gasteiger partial charge >= 0.3 is 0 Å². The molecule has 0 saturated heterocycles. The minimum atomic E-state index is -2.34. The zero-order valence-corrected chi connectivity index (χ0v) is 24.2. The van der Waals surface area contributed by atoms with E-state index in [9.17, 15) is 0 Å².